The molecule has 6 heteroatoms. The first-order chi connectivity index (χ1) is 10.3. The van der Waals surface area contributed by atoms with Gasteiger partial charge in [0.05, 0.1) is 11.7 Å². The van der Waals surface area contributed by atoms with E-state index < -0.39 is 0 Å². The molecule has 0 spiro atoms. The number of carbonyl (C=O) groups excluding carboxylic acids is 1. The molecule has 0 saturated heterocycles. The van der Waals surface area contributed by atoms with Crippen molar-refractivity contribution in [2.24, 2.45) is 0 Å². The summed E-state index contributed by atoms with van der Waals surface area (Å²) in [5.41, 5.74) is 0.900. The fourth-order valence-corrected chi connectivity index (χ4v) is 3.02. The molecule has 1 unspecified atom stereocenters. The lowest BCUT2D eigenvalue weighted by Crippen LogP contribution is -2.28. The third-order valence-electron chi connectivity index (χ3n) is 3.30. The number of thiophene rings is 1. The Morgan fingerprint density at radius 1 is 1.48 bits per heavy atom. The highest BCUT2D eigenvalue weighted by Gasteiger charge is 2.19. The van der Waals surface area contributed by atoms with E-state index in [-0.39, 0.29) is 11.9 Å². The van der Waals surface area contributed by atoms with E-state index in [1.54, 1.807) is 12.4 Å². The van der Waals surface area contributed by atoms with Crippen LogP contribution in [0, 0.1) is 0 Å². The zero-order valence-corrected chi connectivity index (χ0v) is 12.4. The van der Waals surface area contributed by atoms with Crippen molar-refractivity contribution in [1.82, 2.24) is 19.9 Å². The van der Waals surface area contributed by atoms with Crippen molar-refractivity contribution in [2.45, 2.75) is 19.4 Å². The van der Waals surface area contributed by atoms with Gasteiger partial charge in [-0.05, 0) is 30.0 Å². The molecule has 0 radical (unpaired) electrons. The van der Waals surface area contributed by atoms with Gasteiger partial charge in [-0.25, -0.2) is 4.98 Å². The predicted octanol–water partition coefficient (Wildman–Crippen LogP) is 3.14. The topological polar surface area (TPSA) is 62.7 Å². The van der Waals surface area contributed by atoms with Gasteiger partial charge in [-0.2, -0.15) is 0 Å². The van der Waals surface area contributed by atoms with Gasteiger partial charge in [0.25, 0.3) is 5.91 Å². The maximum Gasteiger partial charge on any atom is 0.264 e. The quantitative estimate of drug-likeness (QED) is 0.760. The lowest BCUT2D eigenvalue weighted by molar-refractivity contribution is 0.0938. The fourth-order valence-electron chi connectivity index (χ4n) is 2.23. The summed E-state index contributed by atoms with van der Waals surface area (Å²) >= 11 is 1.44. The van der Waals surface area contributed by atoms with E-state index in [0.29, 0.717) is 4.88 Å². The highest BCUT2D eigenvalue weighted by molar-refractivity contribution is 7.12. The molecular weight excluding hydrogens is 284 g/mol. The van der Waals surface area contributed by atoms with Crippen LogP contribution in [0.4, 0.5) is 0 Å². The molecule has 0 aliphatic rings. The third-order valence-corrected chi connectivity index (χ3v) is 4.20. The molecule has 3 heterocycles. The van der Waals surface area contributed by atoms with Crippen LogP contribution in [0.15, 0.2) is 48.4 Å². The molecule has 1 amide bonds. The Morgan fingerprint density at radius 2 is 2.29 bits per heavy atom. The summed E-state index contributed by atoms with van der Waals surface area (Å²) in [6.45, 7) is 2.02. The Hall–Kier alpha value is -2.34. The second kappa shape index (κ2) is 5.97. The summed E-state index contributed by atoms with van der Waals surface area (Å²) in [5, 5.41) is 4.97. The molecule has 0 fully saturated rings. The lowest BCUT2D eigenvalue weighted by Gasteiger charge is -2.15. The maximum atomic E-state index is 12.5. The molecule has 1 atom stereocenters. The molecule has 3 rings (SSSR count). The summed E-state index contributed by atoms with van der Waals surface area (Å²) in [6, 6.07) is 5.73. The monoisotopic (exact) mass is 300 g/mol. The zero-order chi connectivity index (χ0) is 14.7. The third kappa shape index (κ3) is 2.75. The number of nitrogens with one attached hydrogen (secondary N) is 2. The number of H-pyrrole nitrogens is 1. The van der Waals surface area contributed by atoms with E-state index in [1.807, 2.05) is 47.5 Å². The van der Waals surface area contributed by atoms with Crippen LogP contribution in [0.25, 0.3) is 5.69 Å². The number of carbonyl (C=O) groups is 1. The van der Waals surface area contributed by atoms with Crippen LogP contribution in [0.1, 0.15) is 34.9 Å². The summed E-state index contributed by atoms with van der Waals surface area (Å²) in [6.07, 6.45) is 8.11. The Bertz CT molecular complexity index is 700. The standard InChI is InChI=1S/C15H16N4OS/c1-2-11(14-16-6-7-17-14)18-15(20)13-12(5-10-21-13)19-8-3-4-9-19/h3-11H,2H2,1H3,(H,16,17)(H,18,20). The molecule has 0 bridgehead atoms. The van der Waals surface area contributed by atoms with Gasteiger partial charge in [-0.15, -0.1) is 11.3 Å². The van der Waals surface area contributed by atoms with Gasteiger partial charge in [-0.1, -0.05) is 6.92 Å². The van der Waals surface area contributed by atoms with Crippen molar-refractivity contribution < 1.29 is 4.79 Å². The second-order valence-corrected chi connectivity index (χ2v) is 5.55. The van der Waals surface area contributed by atoms with Gasteiger partial charge in [0, 0.05) is 24.8 Å². The largest absolute Gasteiger partial charge is 0.347 e. The normalized spacial score (nSPS) is 12.2. The Morgan fingerprint density at radius 3 is 2.95 bits per heavy atom. The average molecular weight is 300 g/mol. The summed E-state index contributed by atoms with van der Waals surface area (Å²) in [7, 11) is 0. The van der Waals surface area contributed by atoms with Crippen LogP contribution < -0.4 is 5.32 Å². The van der Waals surface area contributed by atoms with Crippen LogP contribution in [-0.2, 0) is 0 Å². The highest BCUT2D eigenvalue weighted by atomic mass is 32.1. The SMILES string of the molecule is CCC(NC(=O)c1sccc1-n1cccc1)c1ncc[nH]1. The number of aromatic nitrogens is 3. The lowest BCUT2D eigenvalue weighted by atomic mass is 10.2. The molecule has 21 heavy (non-hydrogen) atoms. The molecule has 3 aromatic heterocycles. The van der Waals surface area contributed by atoms with E-state index in [9.17, 15) is 4.79 Å². The van der Waals surface area contributed by atoms with Gasteiger partial charge >= 0.3 is 0 Å². The number of nitrogens with zero attached hydrogens (tertiary/aromatic N) is 2. The second-order valence-electron chi connectivity index (χ2n) is 4.63. The Kier molecular flexibility index (Phi) is 3.87. The molecule has 0 aromatic carbocycles. The molecule has 0 aliphatic carbocycles. The van der Waals surface area contributed by atoms with E-state index in [1.165, 1.54) is 11.3 Å². The van der Waals surface area contributed by atoms with Crippen molar-refractivity contribution in [3.63, 3.8) is 0 Å². The Balaban J connectivity index is 1.82. The van der Waals surface area contributed by atoms with Crippen molar-refractivity contribution >= 4 is 17.2 Å². The van der Waals surface area contributed by atoms with Gasteiger partial charge < -0.3 is 14.9 Å². The van der Waals surface area contributed by atoms with Crippen molar-refractivity contribution in [1.29, 1.82) is 0 Å². The number of aromatic amines is 1. The molecule has 108 valence electrons. The van der Waals surface area contributed by atoms with Crippen LogP contribution in [0.5, 0.6) is 0 Å². The number of amides is 1. The first-order valence-corrected chi connectivity index (χ1v) is 7.68. The van der Waals surface area contributed by atoms with Gasteiger partial charge in [0.2, 0.25) is 0 Å². The molecule has 2 N–H and O–H groups in total. The van der Waals surface area contributed by atoms with Crippen LogP contribution >= 0.6 is 11.3 Å². The van der Waals surface area contributed by atoms with E-state index in [0.717, 1.165) is 17.9 Å². The van der Waals surface area contributed by atoms with E-state index in [4.69, 9.17) is 0 Å². The average Bonchev–Trinajstić information content (AvgIpc) is 3.25. The van der Waals surface area contributed by atoms with E-state index >= 15 is 0 Å². The molecular formula is C15H16N4OS. The zero-order valence-electron chi connectivity index (χ0n) is 11.6. The summed E-state index contributed by atoms with van der Waals surface area (Å²) in [4.78, 5) is 20.5. The molecule has 5 nitrogen and oxygen atoms in total. The first kappa shape index (κ1) is 13.6. The van der Waals surface area contributed by atoms with E-state index in [2.05, 4.69) is 15.3 Å². The number of imidazole rings is 1. The number of hydrogen-bond acceptors (Lipinski definition) is 3. The van der Waals surface area contributed by atoms with Crippen LogP contribution in [0.2, 0.25) is 0 Å². The van der Waals surface area contributed by atoms with Crippen molar-refractivity contribution in [2.75, 3.05) is 0 Å². The minimum Gasteiger partial charge on any atom is -0.347 e. The predicted molar refractivity (Wildman–Crippen MR) is 82.7 cm³/mol. The smallest absolute Gasteiger partial charge is 0.264 e. The molecule has 0 saturated carbocycles. The minimum absolute atomic E-state index is 0.0723. The summed E-state index contributed by atoms with van der Waals surface area (Å²) < 4.78 is 1.94. The van der Waals surface area contributed by atoms with Crippen molar-refractivity contribution in [3.05, 3.63) is 59.1 Å². The first-order valence-electron chi connectivity index (χ1n) is 6.80. The minimum atomic E-state index is -0.105. The number of rotatable bonds is 5. The maximum absolute atomic E-state index is 12.5. The summed E-state index contributed by atoms with van der Waals surface area (Å²) in [5.74, 6) is 0.710. The molecule has 3 aromatic rings. The van der Waals surface area contributed by atoms with Crippen LogP contribution in [0.3, 0.4) is 0 Å². The number of hydrogen-bond donors (Lipinski definition) is 2. The van der Waals surface area contributed by atoms with Gasteiger partial charge in [0.15, 0.2) is 0 Å². The highest BCUT2D eigenvalue weighted by Crippen LogP contribution is 2.22. The van der Waals surface area contributed by atoms with Crippen LogP contribution in [-0.4, -0.2) is 20.4 Å². The fraction of sp³-hybridized carbons (Fsp3) is 0.200. The van der Waals surface area contributed by atoms with Gasteiger partial charge in [0.1, 0.15) is 10.7 Å². The van der Waals surface area contributed by atoms with Gasteiger partial charge in [-0.3, -0.25) is 4.79 Å². The van der Waals surface area contributed by atoms with Crippen molar-refractivity contribution in [3.8, 4) is 5.69 Å². The Labute approximate surface area is 126 Å². The molecule has 0 aliphatic heterocycles.